The highest BCUT2D eigenvalue weighted by molar-refractivity contribution is 5.83. The number of benzene rings is 3. The Morgan fingerprint density at radius 3 is 2.47 bits per heavy atom. The summed E-state index contributed by atoms with van der Waals surface area (Å²) in [7, 11) is 0. The highest BCUT2D eigenvalue weighted by Crippen LogP contribution is 2.45. The van der Waals surface area contributed by atoms with Gasteiger partial charge in [-0.2, -0.15) is 9.13 Å². The lowest BCUT2D eigenvalue weighted by molar-refractivity contribution is -0.727. The first-order chi connectivity index (χ1) is 18.6. The van der Waals surface area contributed by atoms with Gasteiger partial charge in [0.2, 0.25) is 23.1 Å². The lowest BCUT2D eigenvalue weighted by Crippen LogP contribution is -2.53. The van der Waals surface area contributed by atoms with Gasteiger partial charge in [-0.3, -0.25) is 0 Å². The summed E-state index contributed by atoms with van der Waals surface area (Å²) in [5.41, 5.74) is 11.3. The van der Waals surface area contributed by atoms with Crippen LogP contribution in [0.1, 0.15) is 35.1 Å². The standard InChI is InChI=1S/C35H29FN2/c1-23-19-21-37-24(2)34-30(28-12-6-7-13-29(28)32-14-8-9-20-38(32)34)18-16-25-15-17-27(36)22-31(25)35(37)33(23)26-10-4-3-5-11-26/h3-15,17,19-22,30,34H,2,16,18H2,1H3/q+2. The van der Waals surface area contributed by atoms with Crippen LogP contribution in [0, 0.1) is 12.7 Å². The lowest BCUT2D eigenvalue weighted by Gasteiger charge is -2.29. The van der Waals surface area contributed by atoms with E-state index in [1.807, 2.05) is 12.1 Å². The van der Waals surface area contributed by atoms with Crippen LogP contribution in [0.4, 0.5) is 4.39 Å². The molecule has 2 atom stereocenters. The SMILES string of the molecule is C=C1C2C(CCc3ccc(F)cc3-c3c(-c4ccccc4)c(C)cc[n+]31)c1ccccc1-c1cccc[n+]12. The van der Waals surface area contributed by atoms with Crippen LogP contribution in [0.2, 0.25) is 0 Å². The molecule has 2 unspecified atom stereocenters. The average Bonchev–Trinajstić information content (AvgIpc) is 3.00. The predicted molar refractivity (Wildman–Crippen MR) is 150 cm³/mol. The van der Waals surface area contributed by atoms with Crippen molar-refractivity contribution < 1.29 is 13.5 Å². The topological polar surface area (TPSA) is 7.76 Å². The number of pyridine rings is 2. The minimum Gasteiger partial charge on any atom is -0.207 e. The van der Waals surface area contributed by atoms with Crippen LogP contribution in [0.25, 0.3) is 39.3 Å². The molecule has 2 aliphatic rings. The van der Waals surface area contributed by atoms with Crippen molar-refractivity contribution in [2.24, 2.45) is 0 Å². The van der Waals surface area contributed by atoms with E-state index in [1.54, 1.807) is 12.1 Å². The van der Waals surface area contributed by atoms with Gasteiger partial charge in [0.1, 0.15) is 5.82 Å². The van der Waals surface area contributed by atoms with Gasteiger partial charge in [0.15, 0.2) is 12.4 Å². The Hall–Kier alpha value is -4.37. The van der Waals surface area contributed by atoms with Crippen molar-refractivity contribution in [2.75, 3.05) is 0 Å². The fourth-order valence-electron chi connectivity index (χ4n) is 6.62. The number of halogens is 1. The van der Waals surface area contributed by atoms with Crippen molar-refractivity contribution in [3.05, 3.63) is 139 Å². The summed E-state index contributed by atoms with van der Waals surface area (Å²) in [6.45, 7) is 6.90. The molecule has 5 aromatic rings. The first-order valence-corrected chi connectivity index (χ1v) is 13.3. The monoisotopic (exact) mass is 496 g/mol. The van der Waals surface area contributed by atoms with E-state index in [0.29, 0.717) is 0 Å². The zero-order valence-electron chi connectivity index (χ0n) is 21.4. The quantitative estimate of drug-likeness (QED) is 0.213. The summed E-state index contributed by atoms with van der Waals surface area (Å²) in [4.78, 5) is 0. The summed E-state index contributed by atoms with van der Waals surface area (Å²) in [6, 6.07) is 33.1. The molecule has 0 bridgehead atoms. The molecule has 0 amide bonds. The van der Waals surface area contributed by atoms with Gasteiger partial charge in [0.25, 0.3) is 0 Å². The maximum Gasteiger partial charge on any atom is 0.249 e. The first kappa shape index (κ1) is 22.8. The van der Waals surface area contributed by atoms with Crippen LogP contribution >= 0.6 is 0 Å². The van der Waals surface area contributed by atoms with Crippen LogP contribution in [0.15, 0.2) is 116 Å². The molecule has 2 aromatic heterocycles. The third kappa shape index (κ3) is 3.46. The Bertz CT molecular complexity index is 1720. The summed E-state index contributed by atoms with van der Waals surface area (Å²) >= 11 is 0. The Labute approximate surface area is 223 Å². The maximum absolute atomic E-state index is 14.9. The predicted octanol–water partition coefficient (Wildman–Crippen LogP) is 7.47. The van der Waals surface area contributed by atoms with E-state index in [9.17, 15) is 4.39 Å². The number of aromatic nitrogens is 2. The van der Waals surface area contributed by atoms with Gasteiger partial charge in [-0.15, -0.1) is 0 Å². The van der Waals surface area contributed by atoms with Gasteiger partial charge < -0.3 is 0 Å². The van der Waals surface area contributed by atoms with Crippen LogP contribution in [-0.4, -0.2) is 0 Å². The highest BCUT2D eigenvalue weighted by Gasteiger charge is 2.47. The van der Waals surface area contributed by atoms with E-state index in [0.717, 1.165) is 52.0 Å². The minimum atomic E-state index is -0.219. The number of hydrogen-bond acceptors (Lipinski definition) is 0. The molecule has 38 heavy (non-hydrogen) atoms. The summed E-state index contributed by atoms with van der Waals surface area (Å²) < 4.78 is 19.5. The van der Waals surface area contributed by atoms with Gasteiger partial charge in [-0.1, -0.05) is 54.6 Å². The zero-order chi connectivity index (χ0) is 25.8. The molecule has 184 valence electrons. The van der Waals surface area contributed by atoms with Crippen molar-refractivity contribution in [1.82, 2.24) is 0 Å². The molecule has 2 aliphatic heterocycles. The second-order valence-electron chi connectivity index (χ2n) is 10.4. The Morgan fingerprint density at radius 1 is 0.816 bits per heavy atom. The molecule has 4 heterocycles. The minimum absolute atomic E-state index is 0.0235. The molecular weight excluding hydrogens is 467 g/mol. The van der Waals surface area contributed by atoms with Gasteiger partial charge in [0.05, 0.1) is 17.0 Å². The molecule has 0 saturated carbocycles. The first-order valence-electron chi connectivity index (χ1n) is 13.3. The summed E-state index contributed by atoms with van der Waals surface area (Å²) in [5, 5.41) is 0. The van der Waals surface area contributed by atoms with Crippen LogP contribution < -0.4 is 9.13 Å². The number of nitrogens with zero attached hydrogens (tertiary/aromatic N) is 2. The van der Waals surface area contributed by atoms with Crippen molar-refractivity contribution in [3.8, 4) is 33.6 Å². The fourth-order valence-corrected chi connectivity index (χ4v) is 6.62. The molecule has 0 aliphatic carbocycles. The second-order valence-corrected chi connectivity index (χ2v) is 10.4. The van der Waals surface area contributed by atoms with Gasteiger partial charge in [0, 0.05) is 23.8 Å². The van der Waals surface area contributed by atoms with Crippen molar-refractivity contribution >= 4 is 5.70 Å². The Kier molecular flexibility index (Phi) is 5.33. The molecule has 2 nitrogen and oxygen atoms in total. The van der Waals surface area contributed by atoms with E-state index in [2.05, 4.69) is 101 Å². The molecule has 0 spiro atoms. The molecule has 7 rings (SSSR count). The van der Waals surface area contributed by atoms with Gasteiger partial charge in [-0.05, 0) is 72.9 Å². The third-order valence-corrected chi connectivity index (χ3v) is 8.32. The van der Waals surface area contributed by atoms with Crippen LogP contribution in [0.5, 0.6) is 0 Å². The number of allylic oxidation sites excluding steroid dienone is 1. The fraction of sp³-hybridized carbons (Fsp3) is 0.143. The molecule has 0 saturated heterocycles. The molecule has 0 radical (unpaired) electrons. The van der Waals surface area contributed by atoms with Crippen molar-refractivity contribution in [2.45, 2.75) is 31.7 Å². The van der Waals surface area contributed by atoms with Crippen LogP contribution in [0.3, 0.4) is 0 Å². The maximum atomic E-state index is 14.9. The number of aryl methyl sites for hydroxylation is 2. The largest absolute Gasteiger partial charge is 0.249 e. The summed E-state index contributed by atoms with van der Waals surface area (Å²) in [5.74, 6) is 0.0135. The van der Waals surface area contributed by atoms with E-state index >= 15 is 0 Å². The zero-order valence-corrected chi connectivity index (χ0v) is 21.4. The lowest BCUT2D eigenvalue weighted by atomic mass is 9.78. The molecule has 3 heteroatoms. The average molecular weight is 497 g/mol. The second kappa shape index (κ2) is 8.88. The third-order valence-electron chi connectivity index (χ3n) is 8.32. The van der Waals surface area contributed by atoms with E-state index in [1.165, 1.54) is 16.8 Å². The van der Waals surface area contributed by atoms with Gasteiger partial charge >= 0.3 is 0 Å². The normalized spacial score (nSPS) is 17.6. The van der Waals surface area contributed by atoms with E-state index in [-0.39, 0.29) is 17.8 Å². The molecule has 0 N–H and O–H groups in total. The number of rotatable bonds is 1. The van der Waals surface area contributed by atoms with E-state index < -0.39 is 0 Å². The summed E-state index contributed by atoms with van der Waals surface area (Å²) in [6.07, 6.45) is 6.10. The van der Waals surface area contributed by atoms with Crippen molar-refractivity contribution in [3.63, 3.8) is 0 Å². The van der Waals surface area contributed by atoms with Crippen LogP contribution in [-0.2, 0) is 6.42 Å². The molecular formula is C35H29FN2+2. The smallest absolute Gasteiger partial charge is 0.207 e. The highest BCUT2D eigenvalue weighted by atomic mass is 19.1. The van der Waals surface area contributed by atoms with Crippen molar-refractivity contribution in [1.29, 1.82) is 0 Å². The van der Waals surface area contributed by atoms with Gasteiger partial charge in [-0.25, -0.2) is 4.39 Å². The number of hydrogen-bond donors (Lipinski definition) is 0. The molecule has 3 aromatic carbocycles. The molecule has 0 fully saturated rings. The van der Waals surface area contributed by atoms with E-state index in [4.69, 9.17) is 6.58 Å². The Balaban J connectivity index is 1.56. The number of fused-ring (bicyclic) bond motifs is 9. The Morgan fingerprint density at radius 2 is 1.61 bits per heavy atom.